The highest BCUT2D eigenvalue weighted by atomic mass is 16.4. The van der Waals surface area contributed by atoms with E-state index in [4.69, 9.17) is 0 Å². The van der Waals surface area contributed by atoms with Gasteiger partial charge in [-0.05, 0) is 26.2 Å². The fraction of sp³-hybridized carbons (Fsp3) is 0.364. The van der Waals surface area contributed by atoms with Crippen molar-refractivity contribution in [3.63, 3.8) is 0 Å². The molecule has 2 heterocycles. The minimum Gasteiger partial charge on any atom is -0.476 e. The van der Waals surface area contributed by atoms with Crippen LogP contribution in [0.3, 0.4) is 0 Å². The van der Waals surface area contributed by atoms with Crippen molar-refractivity contribution < 1.29 is 9.90 Å². The quantitative estimate of drug-likeness (QED) is 0.776. The third-order valence-corrected chi connectivity index (χ3v) is 3.16. The summed E-state index contributed by atoms with van der Waals surface area (Å²) in [6.07, 6.45) is 2.32. The first-order valence-electron chi connectivity index (χ1n) is 5.86. The van der Waals surface area contributed by atoms with Gasteiger partial charge in [-0.15, -0.1) is 10.2 Å². The summed E-state index contributed by atoms with van der Waals surface area (Å²) in [4.78, 5) is 25.4. The summed E-state index contributed by atoms with van der Waals surface area (Å²) in [5.74, 6) is -1.05. The van der Waals surface area contributed by atoms with Crippen LogP contribution in [0, 0.1) is 6.92 Å². The number of aromatic amines is 1. The lowest BCUT2D eigenvalue weighted by Gasteiger charge is -2.03. The van der Waals surface area contributed by atoms with E-state index in [-0.39, 0.29) is 17.3 Å². The third-order valence-electron chi connectivity index (χ3n) is 3.16. The number of nitrogens with zero attached hydrogens (tertiary/aromatic N) is 4. The van der Waals surface area contributed by atoms with Crippen molar-refractivity contribution in [2.45, 2.75) is 26.2 Å². The molecule has 0 aliphatic heterocycles. The molecule has 0 amide bonds. The number of carbonyl (C=O) groups is 1. The Balaban J connectivity index is 2.22. The van der Waals surface area contributed by atoms with Crippen molar-refractivity contribution in [3.05, 3.63) is 33.0 Å². The molecule has 8 nitrogen and oxygen atoms in total. The zero-order valence-electron chi connectivity index (χ0n) is 10.2. The summed E-state index contributed by atoms with van der Waals surface area (Å²) in [6, 6.07) is 0. The molecule has 0 unspecified atom stereocenters. The predicted octanol–water partition coefficient (Wildman–Crippen LogP) is -0.154. The van der Waals surface area contributed by atoms with E-state index in [1.165, 1.54) is 6.92 Å². The van der Waals surface area contributed by atoms with Crippen molar-refractivity contribution in [1.29, 1.82) is 0 Å². The third kappa shape index (κ3) is 1.72. The maximum Gasteiger partial charge on any atom is 0.355 e. The lowest BCUT2D eigenvalue weighted by atomic mass is 10.2. The van der Waals surface area contributed by atoms with Crippen LogP contribution in [0.1, 0.15) is 33.9 Å². The molecule has 2 aromatic rings. The van der Waals surface area contributed by atoms with Gasteiger partial charge in [0.15, 0.2) is 5.69 Å². The molecule has 0 saturated heterocycles. The van der Waals surface area contributed by atoms with Gasteiger partial charge < -0.3 is 5.11 Å². The Morgan fingerprint density at radius 3 is 2.84 bits per heavy atom. The SMILES string of the molecule is Cc1nnc(-n2nc3c(c2C(=O)O)CCC3)[nH]c1=O. The van der Waals surface area contributed by atoms with Crippen LogP contribution in [-0.2, 0) is 12.8 Å². The Labute approximate surface area is 107 Å². The molecule has 98 valence electrons. The number of hydrogen-bond donors (Lipinski definition) is 2. The number of aromatic carboxylic acids is 1. The van der Waals surface area contributed by atoms with Crippen LogP contribution in [0.15, 0.2) is 4.79 Å². The first-order valence-corrected chi connectivity index (χ1v) is 5.86. The minimum absolute atomic E-state index is 0.0300. The highest BCUT2D eigenvalue weighted by molar-refractivity contribution is 5.88. The molecule has 0 saturated carbocycles. The highest BCUT2D eigenvalue weighted by Gasteiger charge is 2.27. The van der Waals surface area contributed by atoms with Gasteiger partial charge >= 0.3 is 5.97 Å². The smallest absolute Gasteiger partial charge is 0.355 e. The first kappa shape index (κ1) is 11.6. The summed E-state index contributed by atoms with van der Waals surface area (Å²) in [6.45, 7) is 1.52. The molecule has 3 rings (SSSR count). The second-order valence-corrected chi connectivity index (χ2v) is 4.41. The molecule has 1 aliphatic rings. The minimum atomic E-state index is -1.08. The second-order valence-electron chi connectivity index (χ2n) is 4.41. The van der Waals surface area contributed by atoms with Crippen molar-refractivity contribution in [1.82, 2.24) is 25.0 Å². The molecule has 0 fully saturated rings. The first-order chi connectivity index (χ1) is 9.08. The number of aromatic nitrogens is 5. The van der Waals surface area contributed by atoms with Gasteiger partial charge in [0.25, 0.3) is 11.5 Å². The number of carboxylic acid groups (broad SMARTS) is 1. The molecule has 8 heteroatoms. The Kier molecular flexibility index (Phi) is 2.44. The monoisotopic (exact) mass is 261 g/mol. The normalized spacial score (nSPS) is 13.5. The molecular formula is C11H11N5O3. The van der Waals surface area contributed by atoms with Gasteiger partial charge in [-0.2, -0.15) is 9.78 Å². The second kappa shape index (κ2) is 4.01. The molecule has 0 atom stereocenters. The van der Waals surface area contributed by atoms with Gasteiger partial charge in [-0.3, -0.25) is 9.78 Å². The Morgan fingerprint density at radius 2 is 2.16 bits per heavy atom. The number of hydrogen-bond acceptors (Lipinski definition) is 5. The van der Waals surface area contributed by atoms with Gasteiger partial charge in [0, 0.05) is 5.56 Å². The van der Waals surface area contributed by atoms with Crippen molar-refractivity contribution in [2.24, 2.45) is 0 Å². The molecule has 19 heavy (non-hydrogen) atoms. The topological polar surface area (TPSA) is 114 Å². The van der Waals surface area contributed by atoms with Crippen LogP contribution < -0.4 is 5.56 Å². The van der Waals surface area contributed by atoms with Crippen LogP contribution in [0.2, 0.25) is 0 Å². The van der Waals surface area contributed by atoms with Gasteiger partial charge in [-0.1, -0.05) is 0 Å². The molecule has 0 bridgehead atoms. The van der Waals surface area contributed by atoms with Gasteiger partial charge in [-0.25, -0.2) is 4.79 Å². The molecule has 2 aromatic heterocycles. The van der Waals surface area contributed by atoms with Crippen molar-refractivity contribution >= 4 is 5.97 Å². The lowest BCUT2D eigenvalue weighted by Crippen LogP contribution is -2.20. The molecule has 2 N–H and O–H groups in total. The van der Waals surface area contributed by atoms with Crippen LogP contribution >= 0.6 is 0 Å². The molecule has 1 aliphatic carbocycles. The van der Waals surface area contributed by atoms with E-state index in [2.05, 4.69) is 20.3 Å². The number of fused-ring (bicyclic) bond motifs is 1. The maximum atomic E-state index is 11.5. The van der Waals surface area contributed by atoms with Crippen molar-refractivity contribution in [2.75, 3.05) is 0 Å². The molecule has 0 spiro atoms. The summed E-state index contributed by atoms with van der Waals surface area (Å²) in [5.41, 5.74) is 1.34. The number of H-pyrrole nitrogens is 1. The summed E-state index contributed by atoms with van der Waals surface area (Å²) < 4.78 is 1.15. The Bertz CT molecular complexity index is 730. The number of nitrogens with one attached hydrogen (secondary N) is 1. The van der Waals surface area contributed by atoms with Crippen LogP contribution in [0.5, 0.6) is 0 Å². The lowest BCUT2D eigenvalue weighted by molar-refractivity contribution is 0.0685. The van der Waals surface area contributed by atoms with E-state index < -0.39 is 11.5 Å². The van der Waals surface area contributed by atoms with E-state index in [9.17, 15) is 14.7 Å². The number of aryl methyl sites for hydroxylation is 2. The van der Waals surface area contributed by atoms with E-state index in [1.807, 2.05) is 0 Å². The summed E-state index contributed by atoms with van der Waals surface area (Å²) in [5, 5.41) is 21.0. The van der Waals surface area contributed by atoms with Gasteiger partial charge in [0.2, 0.25) is 0 Å². The molecule has 0 aromatic carbocycles. The largest absolute Gasteiger partial charge is 0.476 e. The number of carboxylic acids is 1. The van der Waals surface area contributed by atoms with Crippen LogP contribution in [0.4, 0.5) is 0 Å². The highest BCUT2D eigenvalue weighted by Crippen LogP contribution is 2.25. The summed E-state index contributed by atoms with van der Waals surface area (Å²) in [7, 11) is 0. The fourth-order valence-electron chi connectivity index (χ4n) is 2.24. The van der Waals surface area contributed by atoms with E-state index in [0.717, 1.165) is 28.8 Å². The van der Waals surface area contributed by atoms with Gasteiger partial charge in [0.1, 0.15) is 5.69 Å². The standard InChI is InChI=1S/C11H11N5O3/c1-5-9(17)12-11(14-13-5)16-8(10(18)19)6-3-2-4-7(6)15-16/h2-4H2,1H3,(H,18,19)(H,12,14,17). The Morgan fingerprint density at radius 1 is 1.37 bits per heavy atom. The van der Waals surface area contributed by atoms with Gasteiger partial charge in [0.05, 0.1) is 5.69 Å². The average Bonchev–Trinajstić information content (AvgIpc) is 2.91. The van der Waals surface area contributed by atoms with Crippen LogP contribution in [-0.4, -0.2) is 36.0 Å². The predicted molar refractivity (Wildman–Crippen MR) is 63.5 cm³/mol. The molecule has 0 radical (unpaired) electrons. The van der Waals surface area contributed by atoms with Crippen molar-refractivity contribution in [3.8, 4) is 5.95 Å². The summed E-state index contributed by atoms with van der Waals surface area (Å²) >= 11 is 0. The van der Waals surface area contributed by atoms with Crippen LogP contribution in [0.25, 0.3) is 5.95 Å². The number of rotatable bonds is 2. The maximum absolute atomic E-state index is 11.5. The van der Waals surface area contributed by atoms with E-state index in [1.54, 1.807) is 0 Å². The zero-order valence-corrected chi connectivity index (χ0v) is 10.2. The van der Waals surface area contributed by atoms with E-state index in [0.29, 0.717) is 6.42 Å². The zero-order chi connectivity index (χ0) is 13.6. The molecular weight excluding hydrogens is 250 g/mol. The Hall–Kier alpha value is -2.51. The fourth-order valence-corrected chi connectivity index (χ4v) is 2.24. The van der Waals surface area contributed by atoms with E-state index >= 15 is 0 Å². The average molecular weight is 261 g/mol.